The highest BCUT2D eigenvalue weighted by Gasteiger charge is 2.18. The molecule has 1 fully saturated rings. The Morgan fingerprint density at radius 1 is 1.25 bits per heavy atom. The molecule has 1 N–H and O–H groups in total. The van der Waals surface area contributed by atoms with E-state index in [1.807, 2.05) is 6.20 Å². The van der Waals surface area contributed by atoms with Gasteiger partial charge in [-0.3, -0.25) is 0 Å². The third kappa shape index (κ3) is 3.95. The van der Waals surface area contributed by atoms with Gasteiger partial charge in [0.25, 0.3) is 0 Å². The predicted octanol–water partition coefficient (Wildman–Crippen LogP) is 3.21. The number of nitrogens with zero attached hydrogens (tertiary/aromatic N) is 2. The molecule has 0 aromatic carbocycles. The molecule has 1 saturated heterocycles. The van der Waals surface area contributed by atoms with E-state index in [1.165, 1.54) is 31.5 Å². The summed E-state index contributed by atoms with van der Waals surface area (Å²) in [6.45, 7) is 13.4. The van der Waals surface area contributed by atoms with Crippen LogP contribution in [0.5, 0.6) is 0 Å². The van der Waals surface area contributed by atoms with Gasteiger partial charge in [0, 0.05) is 19.3 Å². The Bertz CT molecular complexity index is 399. The van der Waals surface area contributed by atoms with Crippen LogP contribution in [-0.2, 0) is 5.41 Å². The Kier molecular flexibility index (Phi) is 5.03. The quantitative estimate of drug-likeness (QED) is 0.914. The number of anilines is 1. The number of rotatable bonds is 4. The van der Waals surface area contributed by atoms with Crippen molar-refractivity contribution in [1.82, 2.24) is 10.3 Å². The van der Waals surface area contributed by atoms with Crippen molar-refractivity contribution < 1.29 is 0 Å². The first kappa shape index (κ1) is 15.3. The van der Waals surface area contributed by atoms with Crippen molar-refractivity contribution in [2.24, 2.45) is 5.92 Å². The number of hydrogen-bond donors (Lipinski definition) is 1. The van der Waals surface area contributed by atoms with E-state index in [4.69, 9.17) is 4.98 Å². The average Bonchev–Trinajstić information content (AvgIpc) is 2.45. The van der Waals surface area contributed by atoms with Crippen LogP contribution in [0.4, 0.5) is 5.82 Å². The molecule has 1 aliphatic heterocycles. The highest BCUT2D eigenvalue weighted by atomic mass is 15.2. The molecule has 3 heteroatoms. The van der Waals surface area contributed by atoms with Crippen LogP contribution in [0.25, 0.3) is 0 Å². The molecule has 0 amide bonds. The average molecular weight is 275 g/mol. The first-order valence-electron chi connectivity index (χ1n) is 7.93. The molecule has 1 aliphatic rings. The molecule has 2 rings (SSSR count). The zero-order chi connectivity index (χ0) is 14.6. The van der Waals surface area contributed by atoms with E-state index >= 15 is 0 Å². The van der Waals surface area contributed by atoms with Gasteiger partial charge in [0.2, 0.25) is 0 Å². The summed E-state index contributed by atoms with van der Waals surface area (Å²) in [5.41, 5.74) is 1.48. The molecular formula is C17H29N3. The van der Waals surface area contributed by atoms with Gasteiger partial charge in [0.15, 0.2) is 0 Å². The molecule has 1 aromatic heterocycles. The smallest absolute Gasteiger partial charge is 0.128 e. The van der Waals surface area contributed by atoms with Gasteiger partial charge < -0.3 is 10.2 Å². The van der Waals surface area contributed by atoms with Crippen LogP contribution in [0, 0.1) is 5.92 Å². The van der Waals surface area contributed by atoms with Crippen molar-refractivity contribution in [1.29, 1.82) is 0 Å². The van der Waals surface area contributed by atoms with E-state index in [1.54, 1.807) is 0 Å². The molecule has 0 unspecified atom stereocenters. The Labute approximate surface area is 123 Å². The van der Waals surface area contributed by atoms with Crippen LogP contribution in [0.2, 0.25) is 0 Å². The van der Waals surface area contributed by atoms with E-state index in [0.29, 0.717) is 0 Å². The van der Waals surface area contributed by atoms with Crippen molar-refractivity contribution in [2.45, 2.75) is 46.0 Å². The molecule has 1 aromatic rings. The number of nitrogens with one attached hydrogen (secondary N) is 1. The largest absolute Gasteiger partial charge is 0.357 e. The lowest BCUT2D eigenvalue weighted by atomic mass is 9.88. The summed E-state index contributed by atoms with van der Waals surface area (Å²) in [7, 11) is 0. The first-order chi connectivity index (χ1) is 9.50. The highest BCUT2D eigenvalue weighted by Crippen LogP contribution is 2.24. The summed E-state index contributed by atoms with van der Waals surface area (Å²) in [6.07, 6.45) is 4.62. The number of aromatic nitrogens is 1. The van der Waals surface area contributed by atoms with Gasteiger partial charge in [-0.2, -0.15) is 0 Å². The van der Waals surface area contributed by atoms with Crippen LogP contribution in [0.3, 0.4) is 0 Å². The second-order valence-corrected chi connectivity index (χ2v) is 6.89. The molecule has 3 nitrogen and oxygen atoms in total. The Morgan fingerprint density at radius 2 is 1.95 bits per heavy atom. The lowest BCUT2D eigenvalue weighted by Crippen LogP contribution is -2.36. The van der Waals surface area contributed by atoms with Gasteiger partial charge in [-0.15, -0.1) is 0 Å². The third-order valence-electron chi connectivity index (χ3n) is 4.26. The zero-order valence-electron chi connectivity index (χ0n) is 13.4. The second-order valence-electron chi connectivity index (χ2n) is 6.89. The second kappa shape index (κ2) is 6.57. The Hall–Kier alpha value is -1.09. The molecule has 0 atom stereocenters. The maximum Gasteiger partial charge on any atom is 0.128 e. The minimum Gasteiger partial charge on any atom is -0.357 e. The van der Waals surface area contributed by atoms with Crippen molar-refractivity contribution >= 4 is 5.82 Å². The van der Waals surface area contributed by atoms with Crippen LogP contribution in [0.15, 0.2) is 18.3 Å². The van der Waals surface area contributed by atoms with Crippen molar-refractivity contribution in [3.05, 3.63) is 23.9 Å². The summed E-state index contributed by atoms with van der Waals surface area (Å²) in [5.74, 6) is 1.93. The van der Waals surface area contributed by atoms with Crippen LogP contribution < -0.4 is 10.2 Å². The number of piperidine rings is 1. The van der Waals surface area contributed by atoms with Gasteiger partial charge >= 0.3 is 0 Å². The fraction of sp³-hybridized carbons (Fsp3) is 0.706. The molecule has 2 heterocycles. The standard InChI is InChI=1S/C17H29N3/c1-5-20(13-14-8-10-18-11-9-14)16-7-6-15(12-19-16)17(2,3)4/h6-7,12,14,18H,5,8-11,13H2,1-4H3. The minimum atomic E-state index is 0.178. The van der Waals surface area contributed by atoms with Gasteiger partial charge in [-0.25, -0.2) is 4.98 Å². The zero-order valence-corrected chi connectivity index (χ0v) is 13.4. The summed E-state index contributed by atoms with van der Waals surface area (Å²) in [5, 5.41) is 3.44. The summed E-state index contributed by atoms with van der Waals surface area (Å²) >= 11 is 0. The number of hydrogen-bond acceptors (Lipinski definition) is 3. The van der Waals surface area contributed by atoms with E-state index < -0.39 is 0 Å². The molecule has 0 spiro atoms. The SMILES string of the molecule is CCN(CC1CCNCC1)c1ccc(C(C)(C)C)cn1. The predicted molar refractivity (Wildman–Crippen MR) is 86.4 cm³/mol. The number of pyridine rings is 1. The lowest BCUT2D eigenvalue weighted by Gasteiger charge is -2.30. The highest BCUT2D eigenvalue weighted by molar-refractivity contribution is 5.40. The van der Waals surface area contributed by atoms with E-state index in [9.17, 15) is 0 Å². The molecule has 0 aliphatic carbocycles. The van der Waals surface area contributed by atoms with Gasteiger partial charge in [-0.05, 0) is 55.8 Å². The lowest BCUT2D eigenvalue weighted by molar-refractivity contribution is 0.374. The molecule has 0 bridgehead atoms. The first-order valence-corrected chi connectivity index (χ1v) is 7.93. The van der Waals surface area contributed by atoms with Crippen molar-refractivity contribution in [3.63, 3.8) is 0 Å². The third-order valence-corrected chi connectivity index (χ3v) is 4.26. The fourth-order valence-corrected chi connectivity index (χ4v) is 2.78. The molecule has 20 heavy (non-hydrogen) atoms. The van der Waals surface area contributed by atoms with Crippen LogP contribution >= 0.6 is 0 Å². The molecule has 112 valence electrons. The molecule has 0 radical (unpaired) electrons. The summed E-state index contributed by atoms with van der Waals surface area (Å²) in [6, 6.07) is 4.42. The fourth-order valence-electron chi connectivity index (χ4n) is 2.78. The van der Waals surface area contributed by atoms with Gasteiger partial charge in [0.1, 0.15) is 5.82 Å². The van der Waals surface area contributed by atoms with Gasteiger partial charge in [0.05, 0.1) is 0 Å². The van der Waals surface area contributed by atoms with E-state index in [0.717, 1.165) is 24.8 Å². The van der Waals surface area contributed by atoms with E-state index in [2.05, 4.69) is 50.0 Å². The van der Waals surface area contributed by atoms with E-state index in [-0.39, 0.29) is 5.41 Å². The topological polar surface area (TPSA) is 28.2 Å². The monoisotopic (exact) mass is 275 g/mol. The molecular weight excluding hydrogens is 246 g/mol. The normalized spacial score (nSPS) is 17.2. The minimum absolute atomic E-state index is 0.178. The maximum absolute atomic E-state index is 4.69. The van der Waals surface area contributed by atoms with Crippen LogP contribution in [-0.4, -0.2) is 31.2 Å². The summed E-state index contributed by atoms with van der Waals surface area (Å²) < 4.78 is 0. The van der Waals surface area contributed by atoms with Gasteiger partial charge in [-0.1, -0.05) is 26.8 Å². The van der Waals surface area contributed by atoms with Crippen molar-refractivity contribution in [3.8, 4) is 0 Å². The summed E-state index contributed by atoms with van der Waals surface area (Å²) in [4.78, 5) is 7.11. The maximum atomic E-state index is 4.69. The molecule has 0 saturated carbocycles. The van der Waals surface area contributed by atoms with Crippen LogP contribution in [0.1, 0.15) is 46.1 Å². The Balaban J connectivity index is 2.03. The van der Waals surface area contributed by atoms with Crippen molar-refractivity contribution in [2.75, 3.05) is 31.1 Å². The Morgan fingerprint density at radius 3 is 2.45 bits per heavy atom.